The van der Waals surface area contributed by atoms with Crippen LogP contribution in [0.4, 0.5) is 5.69 Å². The number of halogens is 2. The van der Waals surface area contributed by atoms with Gasteiger partial charge in [0.05, 0.1) is 0 Å². The van der Waals surface area contributed by atoms with Crippen LogP contribution in [-0.2, 0) is 18.3 Å². The fourth-order valence-corrected chi connectivity index (χ4v) is 4.58. The fourth-order valence-electron chi connectivity index (χ4n) is 2.80. The van der Waals surface area contributed by atoms with Crippen molar-refractivity contribution in [3.63, 3.8) is 0 Å². The van der Waals surface area contributed by atoms with Gasteiger partial charge in [-0.15, -0.1) is 0 Å². The Hall–Kier alpha value is -1.75. The molecule has 0 bridgehead atoms. The van der Waals surface area contributed by atoms with Gasteiger partial charge in [-0.25, -0.2) is 0 Å². The molecule has 27 heavy (non-hydrogen) atoms. The third kappa shape index (κ3) is 4.08. The predicted octanol–water partition coefficient (Wildman–Crippen LogP) is 4.12. The van der Waals surface area contributed by atoms with Gasteiger partial charge in [-0.05, 0) is 0 Å². The molecule has 0 saturated carbocycles. The van der Waals surface area contributed by atoms with Crippen LogP contribution >= 0.6 is 19.4 Å². The molecule has 1 heterocycles. The molecule has 0 spiro atoms. The van der Waals surface area contributed by atoms with Crippen LogP contribution in [0.25, 0.3) is 0 Å². The Morgan fingerprint density at radius 1 is 1.26 bits per heavy atom. The summed E-state index contributed by atoms with van der Waals surface area (Å²) in [6.07, 6.45) is -0.317. The minimum atomic E-state index is -2.11. The molecular weight excluding hydrogens is 478 g/mol. The summed E-state index contributed by atoms with van der Waals surface area (Å²) in [7, 11) is 13.6. The van der Waals surface area contributed by atoms with Crippen LogP contribution in [0.1, 0.15) is 29.3 Å². The van der Waals surface area contributed by atoms with Crippen molar-refractivity contribution in [2.75, 3.05) is 12.0 Å². The summed E-state index contributed by atoms with van der Waals surface area (Å²) in [6, 6.07) is 11.8. The summed E-state index contributed by atoms with van der Waals surface area (Å²) in [5, 5.41) is 0. The molecule has 0 radical (unpaired) electrons. The van der Waals surface area contributed by atoms with E-state index in [-0.39, 0.29) is 0 Å². The average molecular weight is 495 g/mol. The number of hydrogen-bond donors (Lipinski definition) is 0. The van der Waals surface area contributed by atoms with E-state index in [9.17, 15) is 9.59 Å². The van der Waals surface area contributed by atoms with Crippen molar-refractivity contribution < 1.29 is 32.6 Å². The topological polar surface area (TPSA) is 55.8 Å². The van der Waals surface area contributed by atoms with Crippen LogP contribution in [0.5, 0.6) is 11.5 Å². The molecule has 1 aliphatic heterocycles. The van der Waals surface area contributed by atoms with Gasteiger partial charge in [0.1, 0.15) is 0 Å². The number of imide groups is 1. The van der Waals surface area contributed by atoms with Crippen molar-refractivity contribution in [2.45, 2.75) is 19.4 Å². The standard InChI is InChI=1S/C19H17NO4.2ClH.Ru/c1-4-16-19(22)20(15-7-5-6-12(2)17(15)24-16)18(21)13-8-10-14(23-3)11-9-13;;;/h2,5-11,16H,4H2,1,3H3;2*1H;/q;;;+2/p-2. The molecule has 0 aromatic heterocycles. The van der Waals surface area contributed by atoms with E-state index in [2.05, 4.69) is 0 Å². The monoisotopic (exact) mass is 495 g/mol. The fraction of sp³-hybridized carbons (Fsp3) is 0.211. The van der Waals surface area contributed by atoms with Crippen LogP contribution in [-0.4, -0.2) is 29.6 Å². The number of fused-ring (bicyclic) bond motifs is 1. The number of rotatable bonds is 4. The normalized spacial score (nSPS) is 16.3. The van der Waals surface area contributed by atoms with Crippen LogP contribution < -0.4 is 14.4 Å². The van der Waals surface area contributed by atoms with Gasteiger partial charge >= 0.3 is 171 Å². The Morgan fingerprint density at radius 2 is 1.96 bits per heavy atom. The van der Waals surface area contributed by atoms with Crippen molar-refractivity contribution in [3.8, 4) is 11.5 Å². The number of nitrogens with zero attached hydrogens (tertiary/aromatic N) is 1. The van der Waals surface area contributed by atoms with Gasteiger partial charge in [0.2, 0.25) is 0 Å². The molecule has 0 N–H and O–H groups in total. The van der Waals surface area contributed by atoms with Gasteiger partial charge in [-0.3, -0.25) is 0 Å². The van der Waals surface area contributed by atoms with E-state index in [0.29, 0.717) is 34.7 Å². The molecule has 144 valence electrons. The van der Waals surface area contributed by atoms with Gasteiger partial charge in [-0.1, -0.05) is 0 Å². The number of anilines is 1. The number of benzene rings is 2. The van der Waals surface area contributed by atoms with E-state index in [0.717, 1.165) is 0 Å². The Kier molecular flexibility index (Phi) is 6.30. The van der Waals surface area contributed by atoms with Gasteiger partial charge in [0.15, 0.2) is 0 Å². The average Bonchev–Trinajstić information content (AvgIpc) is 2.67. The second kappa shape index (κ2) is 8.51. The number of amides is 2. The molecule has 0 saturated heterocycles. The zero-order valence-electron chi connectivity index (χ0n) is 14.6. The first kappa shape index (κ1) is 20.0. The zero-order chi connectivity index (χ0) is 19.6. The van der Waals surface area contributed by atoms with Gasteiger partial charge < -0.3 is 0 Å². The Balaban J connectivity index is 2.10. The maximum atomic E-state index is 13.1. The SMILES string of the molecule is CCC1Oc2c([CH]=[Ru]([Cl])[Cl])cccc2N(C(=O)c2ccc(OC)cc2)C1=O. The molecule has 1 aliphatic rings. The zero-order valence-corrected chi connectivity index (χ0v) is 17.8. The van der Waals surface area contributed by atoms with Crippen LogP contribution in [0.2, 0.25) is 0 Å². The van der Waals surface area contributed by atoms with Crippen molar-refractivity contribution in [3.05, 3.63) is 53.6 Å². The van der Waals surface area contributed by atoms with Crippen molar-refractivity contribution in [1.29, 1.82) is 0 Å². The number of carbonyl (C=O) groups excluding carboxylic acids is 2. The molecule has 0 fully saturated rings. The number of carbonyl (C=O) groups is 2. The van der Waals surface area contributed by atoms with Gasteiger partial charge in [-0.2, -0.15) is 0 Å². The van der Waals surface area contributed by atoms with E-state index in [1.807, 2.05) is 13.0 Å². The van der Waals surface area contributed by atoms with E-state index in [1.54, 1.807) is 48.1 Å². The molecule has 1 atom stereocenters. The summed E-state index contributed by atoms with van der Waals surface area (Å²) < 4.78 is 12.8. The van der Waals surface area contributed by atoms with Gasteiger partial charge in [0.25, 0.3) is 0 Å². The second-order valence-corrected chi connectivity index (χ2v) is 11.4. The Morgan fingerprint density at radius 3 is 2.56 bits per heavy atom. The van der Waals surface area contributed by atoms with Crippen molar-refractivity contribution >= 4 is 41.5 Å². The molecule has 3 rings (SSSR count). The molecular formula is C19H17Cl2NO4Ru. The van der Waals surface area contributed by atoms with E-state index in [4.69, 9.17) is 28.9 Å². The number of hydrogen-bond acceptors (Lipinski definition) is 4. The molecule has 2 aromatic rings. The third-order valence-electron chi connectivity index (χ3n) is 4.12. The van der Waals surface area contributed by atoms with E-state index >= 15 is 0 Å². The number of methoxy groups -OCH3 is 1. The first-order valence-electron chi connectivity index (χ1n) is 8.11. The minimum absolute atomic E-state index is 0.378. The predicted molar refractivity (Wildman–Crippen MR) is 103 cm³/mol. The summed E-state index contributed by atoms with van der Waals surface area (Å²) in [5.74, 6) is 0.261. The number of para-hydroxylation sites is 1. The summed E-state index contributed by atoms with van der Waals surface area (Å²) in [6.45, 7) is 1.83. The van der Waals surface area contributed by atoms with E-state index in [1.165, 1.54) is 4.90 Å². The van der Waals surface area contributed by atoms with Crippen LogP contribution in [0.15, 0.2) is 42.5 Å². The number of ether oxygens (including phenoxy) is 2. The first-order valence-corrected chi connectivity index (χ1v) is 13.6. The summed E-state index contributed by atoms with van der Waals surface area (Å²) >= 11 is -2.11. The molecule has 5 nitrogen and oxygen atoms in total. The molecule has 2 aromatic carbocycles. The van der Waals surface area contributed by atoms with E-state index < -0.39 is 31.4 Å². The van der Waals surface area contributed by atoms with Gasteiger partial charge in [0, 0.05) is 0 Å². The quantitative estimate of drug-likeness (QED) is 0.473. The maximum absolute atomic E-state index is 13.1. The first-order chi connectivity index (χ1) is 13.0. The molecule has 2 amide bonds. The Bertz CT molecular complexity index is 910. The van der Waals surface area contributed by atoms with Crippen molar-refractivity contribution in [2.24, 2.45) is 0 Å². The Labute approximate surface area is 170 Å². The summed E-state index contributed by atoms with van der Waals surface area (Å²) in [4.78, 5) is 27.2. The van der Waals surface area contributed by atoms with Crippen LogP contribution in [0, 0.1) is 0 Å². The summed E-state index contributed by atoms with van der Waals surface area (Å²) in [5.41, 5.74) is 1.46. The third-order valence-corrected chi connectivity index (χ3v) is 5.95. The second-order valence-electron chi connectivity index (χ2n) is 5.72. The molecule has 1 unspecified atom stereocenters. The van der Waals surface area contributed by atoms with Crippen molar-refractivity contribution in [1.82, 2.24) is 0 Å². The molecule has 8 heteroatoms. The molecule has 0 aliphatic carbocycles. The van der Waals surface area contributed by atoms with Crippen LogP contribution in [0.3, 0.4) is 0 Å².